The summed E-state index contributed by atoms with van der Waals surface area (Å²) in [5.41, 5.74) is 3.90. The molecule has 0 radical (unpaired) electrons. The first kappa shape index (κ1) is 28.7. The minimum Gasteiger partial charge on any atom is -0.493 e. The van der Waals surface area contributed by atoms with Gasteiger partial charge in [0.05, 0.1) is 30.1 Å². The Kier molecular flexibility index (Phi) is 9.57. The van der Waals surface area contributed by atoms with E-state index in [0.717, 1.165) is 4.47 Å². The highest BCUT2D eigenvalue weighted by atomic mass is 79.9. The summed E-state index contributed by atoms with van der Waals surface area (Å²) >= 11 is 3.33. The Bertz CT molecular complexity index is 1610. The fourth-order valence-electron chi connectivity index (χ4n) is 3.50. The normalized spacial score (nSPS) is 10.5. The van der Waals surface area contributed by atoms with E-state index in [-0.39, 0.29) is 22.7 Å². The molecule has 0 aliphatic rings. The molecule has 10 nitrogen and oxygen atoms in total. The van der Waals surface area contributed by atoms with Crippen LogP contribution >= 0.6 is 15.9 Å². The van der Waals surface area contributed by atoms with Crippen molar-refractivity contribution in [1.29, 1.82) is 0 Å². The molecule has 4 aromatic carbocycles. The van der Waals surface area contributed by atoms with Gasteiger partial charge < -0.3 is 20.1 Å². The van der Waals surface area contributed by atoms with Crippen LogP contribution < -0.4 is 25.5 Å². The van der Waals surface area contributed by atoms with Crippen molar-refractivity contribution in [2.24, 2.45) is 5.10 Å². The van der Waals surface area contributed by atoms with Crippen LogP contribution in [0.4, 0.5) is 11.4 Å². The highest BCUT2D eigenvalue weighted by Gasteiger charge is 2.18. The van der Waals surface area contributed by atoms with Crippen molar-refractivity contribution in [3.05, 3.63) is 118 Å². The van der Waals surface area contributed by atoms with Gasteiger partial charge in [0.25, 0.3) is 5.91 Å². The Balaban J connectivity index is 1.35. The summed E-state index contributed by atoms with van der Waals surface area (Å²) in [6.07, 6.45) is 1.29. The van der Waals surface area contributed by atoms with Crippen LogP contribution in [0.25, 0.3) is 0 Å². The Hall–Kier alpha value is -5.29. The van der Waals surface area contributed by atoms with Gasteiger partial charge in [-0.15, -0.1) is 0 Å². The monoisotopic (exact) mass is 614 g/mol. The van der Waals surface area contributed by atoms with Gasteiger partial charge in [-0.25, -0.2) is 10.2 Å². The summed E-state index contributed by atoms with van der Waals surface area (Å²) in [6, 6.07) is 26.4. The molecule has 41 heavy (non-hydrogen) atoms. The van der Waals surface area contributed by atoms with E-state index < -0.39 is 23.7 Å². The van der Waals surface area contributed by atoms with Gasteiger partial charge in [0.15, 0.2) is 11.5 Å². The van der Waals surface area contributed by atoms with Gasteiger partial charge in [0, 0.05) is 10.2 Å². The van der Waals surface area contributed by atoms with Crippen LogP contribution in [0.15, 0.2) is 107 Å². The topological polar surface area (TPSA) is 135 Å². The van der Waals surface area contributed by atoms with E-state index in [4.69, 9.17) is 9.47 Å². The van der Waals surface area contributed by atoms with E-state index >= 15 is 0 Å². The minimum atomic E-state index is -1.05. The number of amides is 3. The number of halogens is 1. The molecule has 0 aliphatic carbocycles. The molecule has 0 bridgehead atoms. The number of hydrogen-bond donors (Lipinski definition) is 3. The smallest absolute Gasteiger partial charge is 0.343 e. The summed E-state index contributed by atoms with van der Waals surface area (Å²) < 4.78 is 11.6. The van der Waals surface area contributed by atoms with Crippen molar-refractivity contribution in [3.8, 4) is 11.5 Å². The van der Waals surface area contributed by atoms with E-state index in [9.17, 15) is 19.2 Å². The Morgan fingerprint density at radius 1 is 0.780 bits per heavy atom. The van der Waals surface area contributed by atoms with Gasteiger partial charge in [0.2, 0.25) is 0 Å². The van der Waals surface area contributed by atoms with Gasteiger partial charge in [-0.2, -0.15) is 5.10 Å². The van der Waals surface area contributed by atoms with E-state index in [1.807, 2.05) is 0 Å². The van der Waals surface area contributed by atoms with Crippen LogP contribution in [0.2, 0.25) is 0 Å². The molecule has 4 aromatic rings. The van der Waals surface area contributed by atoms with Crippen LogP contribution in [0.5, 0.6) is 11.5 Å². The van der Waals surface area contributed by atoms with Gasteiger partial charge in [-0.05, 0) is 72.3 Å². The third-order valence-electron chi connectivity index (χ3n) is 5.51. The van der Waals surface area contributed by atoms with Crippen molar-refractivity contribution in [3.63, 3.8) is 0 Å². The van der Waals surface area contributed by atoms with Crippen molar-refractivity contribution >= 4 is 57.2 Å². The fourth-order valence-corrected chi connectivity index (χ4v) is 3.76. The van der Waals surface area contributed by atoms with Crippen LogP contribution in [0, 0.1) is 0 Å². The molecule has 206 valence electrons. The predicted octanol–water partition coefficient (Wildman–Crippen LogP) is 5.02. The lowest BCUT2D eigenvalue weighted by atomic mass is 10.1. The number of esters is 1. The molecule has 0 saturated heterocycles. The second kappa shape index (κ2) is 13.7. The summed E-state index contributed by atoms with van der Waals surface area (Å²) in [6.45, 7) is 0. The first-order valence-electron chi connectivity index (χ1n) is 12.1. The lowest BCUT2D eigenvalue weighted by Gasteiger charge is -2.11. The average molecular weight is 615 g/mol. The standard InChI is InChI=1S/C30H23BrN4O6/c1-40-26-17-19(11-16-25(26)41-30(39)20-7-3-2-4-8-20)18-32-35-29(38)28(37)34-24-10-6-5-9-23(24)27(36)33-22-14-12-21(31)13-15-22/h2-18H,1H3,(H,33,36)(H,34,37)(H,35,38)/b32-18-. The summed E-state index contributed by atoms with van der Waals surface area (Å²) in [5.74, 6) is -2.62. The number of hydrogen-bond acceptors (Lipinski definition) is 7. The van der Waals surface area contributed by atoms with E-state index in [1.54, 1.807) is 78.9 Å². The predicted molar refractivity (Wildman–Crippen MR) is 157 cm³/mol. The van der Waals surface area contributed by atoms with Crippen molar-refractivity contribution in [2.75, 3.05) is 17.7 Å². The lowest BCUT2D eigenvalue weighted by Crippen LogP contribution is -2.33. The number of anilines is 2. The van der Waals surface area contributed by atoms with E-state index in [1.165, 1.54) is 31.5 Å². The molecule has 0 atom stereocenters. The SMILES string of the molecule is COc1cc(/C=N\NC(=O)C(=O)Nc2ccccc2C(=O)Nc2ccc(Br)cc2)ccc1OC(=O)c1ccccc1. The zero-order valence-electron chi connectivity index (χ0n) is 21.6. The zero-order chi connectivity index (χ0) is 29.2. The third-order valence-corrected chi connectivity index (χ3v) is 6.04. The van der Waals surface area contributed by atoms with E-state index in [2.05, 4.69) is 37.1 Å². The Labute approximate surface area is 243 Å². The molecule has 0 aromatic heterocycles. The number of ether oxygens (including phenoxy) is 2. The van der Waals surface area contributed by atoms with Crippen molar-refractivity contribution in [1.82, 2.24) is 5.43 Å². The molecule has 3 amide bonds. The number of benzene rings is 4. The number of nitrogens with one attached hydrogen (secondary N) is 3. The van der Waals surface area contributed by atoms with Gasteiger partial charge >= 0.3 is 17.8 Å². The number of rotatable bonds is 8. The van der Waals surface area contributed by atoms with Crippen molar-refractivity contribution in [2.45, 2.75) is 0 Å². The second-order valence-corrected chi connectivity index (χ2v) is 9.24. The van der Waals surface area contributed by atoms with Crippen LogP contribution in [-0.2, 0) is 9.59 Å². The van der Waals surface area contributed by atoms with E-state index in [0.29, 0.717) is 16.8 Å². The quantitative estimate of drug-likeness (QED) is 0.0838. The molecule has 0 fully saturated rings. The highest BCUT2D eigenvalue weighted by molar-refractivity contribution is 9.10. The number of methoxy groups -OCH3 is 1. The molecule has 3 N–H and O–H groups in total. The van der Waals surface area contributed by atoms with Crippen LogP contribution in [-0.4, -0.2) is 37.0 Å². The minimum absolute atomic E-state index is 0.150. The average Bonchev–Trinajstić information content (AvgIpc) is 2.99. The first-order chi connectivity index (χ1) is 19.8. The van der Waals surface area contributed by atoms with Crippen molar-refractivity contribution < 1.29 is 28.7 Å². The van der Waals surface area contributed by atoms with Gasteiger partial charge in [0.1, 0.15) is 0 Å². The van der Waals surface area contributed by atoms with Gasteiger partial charge in [-0.3, -0.25) is 14.4 Å². The maximum Gasteiger partial charge on any atom is 0.343 e. The fraction of sp³-hybridized carbons (Fsp3) is 0.0333. The molecule has 0 spiro atoms. The molecule has 4 rings (SSSR count). The molecule has 0 unspecified atom stereocenters. The first-order valence-corrected chi connectivity index (χ1v) is 12.9. The molecular weight excluding hydrogens is 592 g/mol. The number of nitrogens with zero attached hydrogens (tertiary/aromatic N) is 1. The largest absolute Gasteiger partial charge is 0.493 e. The number of hydrazone groups is 1. The van der Waals surface area contributed by atoms with Crippen LogP contribution in [0.1, 0.15) is 26.3 Å². The molecule has 0 saturated carbocycles. The van der Waals surface area contributed by atoms with Crippen LogP contribution in [0.3, 0.4) is 0 Å². The lowest BCUT2D eigenvalue weighted by molar-refractivity contribution is -0.136. The summed E-state index contributed by atoms with van der Waals surface area (Å²) in [7, 11) is 1.42. The third kappa shape index (κ3) is 7.87. The molecule has 11 heteroatoms. The number of para-hydroxylation sites is 1. The number of carbonyl (C=O) groups excluding carboxylic acids is 4. The van der Waals surface area contributed by atoms with Gasteiger partial charge in [-0.1, -0.05) is 46.3 Å². The summed E-state index contributed by atoms with van der Waals surface area (Å²) in [5, 5.41) is 8.98. The zero-order valence-corrected chi connectivity index (χ0v) is 23.2. The molecule has 0 aliphatic heterocycles. The maximum absolute atomic E-state index is 12.8. The maximum atomic E-state index is 12.8. The highest BCUT2D eigenvalue weighted by Crippen LogP contribution is 2.28. The second-order valence-electron chi connectivity index (χ2n) is 8.33. The summed E-state index contributed by atoms with van der Waals surface area (Å²) in [4.78, 5) is 50.0. The number of carbonyl (C=O) groups is 4. The molecule has 0 heterocycles. The molecular formula is C30H23BrN4O6. The Morgan fingerprint density at radius 3 is 2.22 bits per heavy atom. The Morgan fingerprint density at radius 2 is 1.49 bits per heavy atom.